The van der Waals surface area contributed by atoms with Crippen molar-refractivity contribution >= 4 is 29.1 Å². The second-order valence-corrected chi connectivity index (χ2v) is 5.71. The van der Waals surface area contributed by atoms with Crippen LogP contribution in [0, 0.1) is 0 Å². The second-order valence-electron chi connectivity index (χ2n) is 5.71. The molecule has 3 rings (SSSR count). The molecular weight excluding hydrogens is 296 g/mol. The summed E-state index contributed by atoms with van der Waals surface area (Å²) in [6.45, 7) is 3.13. The number of anilines is 2. The van der Waals surface area contributed by atoms with Crippen molar-refractivity contribution in [1.29, 1.82) is 0 Å². The highest BCUT2D eigenvalue weighted by Gasteiger charge is 2.36. The Morgan fingerprint density at radius 1 is 1.35 bits per heavy atom. The highest BCUT2D eigenvalue weighted by Crippen LogP contribution is 2.37. The average Bonchev–Trinajstić information content (AvgIpc) is 3.03. The van der Waals surface area contributed by atoms with Crippen molar-refractivity contribution in [2.45, 2.75) is 25.8 Å². The second kappa shape index (κ2) is 6.28. The van der Waals surface area contributed by atoms with Gasteiger partial charge in [-0.3, -0.25) is 14.4 Å². The Labute approximate surface area is 134 Å². The van der Waals surface area contributed by atoms with E-state index in [9.17, 15) is 14.4 Å². The number of carbonyl (C=O) groups is 3. The molecule has 0 spiro atoms. The van der Waals surface area contributed by atoms with Gasteiger partial charge in [0.25, 0.3) is 5.91 Å². The Kier molecular flexibility index (Phi) is 4.18. The van der Waals surface area contributed by atoms with E-state index < -0.39 is 0 Å². The fraction of sp³-hybridized carbons (Fsp3) is 0.438. The molecule has 2 aliphatic rings. The summed E-state index contributed by atoms with van der Waals surface area (Å²) in [5.41, 5.74) is 2.03. The molecule has 3 N–H and O–H groups in total. The van der Waals surface area contributed by atoms with Crippen molar-refractivity contribution in [2.75, 3.05) is 29.9 Å². The van der Waals surface area contributed by atoms with Gasteiger partial charge in [-0.2, -0.15) is 0 Å². The lowest BCUT2D eigenvalue weighted by Crippen LogP contribution is -2.44. The molecule has 1 atom stereocenters. The molecule has 2 aliphatic heterocycles. The van der Waals surface area contributed by atoms with Gasteiger partial charge >= 0.3 is 0 Å². The minimum atomic E-state index is -0.336. The molecule has 0 unspecified atom stereocenters. The fourth-order valence-electron chi connectivity index (χ4n) is 3.09. The fourth-order valence-corrected chi connectivity index (χ4v) is 3.09. The van der Waals surface area contributed by atoms with Crippen LogP contribution in [0.25, 0.3) is 0 Å². The lowest BCUT2D eigenvalue weighted by molar-refractivity contribution is -0.120. The molecule has 1 fully saturated rings. The van der Waals surface area contributed by atoms with Crippen LogP contribution in [0.5, 0.6) is 0 Å². The van der Waals surface area contributed by atoms with E-state index in [-0.39, 0.29) is 30.3 Å². The Morgan fingerprint density at radius 3 is 2.96 bits per heavy atom. The van der Waals surface area contributed by atoms with E-state index in [4.69, 9.17) is 0 Å². The summed E-state index contributed by atoms with van der Waals surface area (Å²) < 4.78 is 0. The van der Waals surface area contributed by atoms with Gasteiger partial charge in [0.2, 0.25) is 11.8 Å². The molecule has 1 saturated heterocycles. The summed E-state index contributed by atoms with van der Waals surface area (Å²) in [5.74, 6) is -0.584. The summed E-state index contributed by atoms with van der Waals surface area (Å²) in [5, 5.41) is 8.06. The van der Waals surface area contributed by atoms with Crippen LogP contribution in [-0.4, -0.2) is 43.4 Å². The molecular formula is C16H20N4O3. The van der Waals surface area contributed by atoms with E-state index in [0.29, 0.717) is 17.8 Å². The van der Waals surface area contributed by atoms with Gasteiger partial charge < -0.3 is 20.9 Å². The maximum absolute atomic E-state index is 12.1. The molecule has 3 amide bonds. The molecule has 23 heavy (non-hydrogen) atoms. The predicted molar refractivity (Wildman–Crippen MR) is 86.5 cm³/mol. The number of nitrogens with one attached hydrogen (secondary N) is 3. The summed E-state index contributed by atoms with van der Waals surface area (Å²) in [7, 11) is 0. The van der Waals surface area contributed by atoms with Crippen LogP contribution in [0.2, 0.25) is 0 Å². The zero-order valence-corrected chi connectivity index (χ0v) is 13.0. The number of likely N-dealkylation sites (N-methyl/N-ethyl adjacent to an activating group) is 1. The summed E-state index contributed by atoms with van der Waals surface area (Å²) in [6, 6.07) is 5.14. The van der Waals surface area contributed by atoms with Gasteiger partial charge in [0.1, 0.15) is 6.04 Å². The first-order valence-corrected chi connectivity index (χ1v) is 7.86. The van der Waals surface area contributed by atoms with E-state index in [1.165, 1.54) is 0 Å². The first-order valence-electron chi connectivity index (χ1n) is 7.86. The quantitative estimate of drug-likeness (QED) is 0.753. The Bertz CT molecular complexity index is 659. The number of carbonyl (C=O) groups excluding carboxylic acids is 3. The molecule has 0 saturated carbocycles. The molecule has 1 aromatic rings. The van der Waals surface area contributed by atoms with Crippen molar-refractivity contribution in [3.63, 3.8) is 0 Å². The molecule has 2 heterocycles. The lowest BCUT2D eigenvalue weighted by atomic mass is 10.1. The molecule has 0 bridgehead atoms. The van der Waals surface area contributed by atoms with Crippen LogP contribution in [0.3, 0.4) is 0 Å². The van der Waals surface area contributed by atoms with Crippen LogP contribution in [0.15, 0.2) is 18.2 Å². The van der Waals surface area contributed by atoms with E-state index in [1.807, 2.05) is 13.0 Å². The van der Waals surface area contributed by atoms with Gasteiger partial charge in [-0.05, 0) is 38.0 Å². The Hall–Kier alpha value is -2.57. The highest BCUT2D eigenvalue weighted by atomic mass is 16.2. The van der Waals surface area contributed by atoms with E-state index in [2.05, 4.69) is 20.9 Å². The summed E-state index contributed by atoms with van der Waals surface area (Å²) in [6.07, 6.45) is 1.85. The normalized spacial score (nSPS) is 18.7. The average molecular weight is 316 g/mol. The van der Waals surface area contributed by atoms with E-state index in [0.717, 1.165) is 25.1 Å². The van der Waals surface area contributed by atoms with Crippen molar-refractivity contribution in [1.82, 2.24) is 10.6 Å². The van der Waals surface area contributed by atoms with Crippen LogP contribution in [0.1, 0.15) is 30.1 Å². The first-order chi connectivity index (χ1) is 11.1. The predicted octanol–water partition coefficient (Wildman–Crippen LogP) is 0.473. The topological polar surface area (TPSA) is 90.5 Å². The van der Waals surface area contributed by atoms with Crippen LogP contribution in [-0.2, 0) is 9.59 Å². The zero-order valence-electron chi connectivity index (χ0n) is 13.0. The first kappa shape index (κ1) is 15.3. The van der Waals surface area contributed by atoms with Gasteiger partial charge in [-0.25, -0.2) is 0 Å². The Balaban J connectivity index is 1.73. The van der Waals surface area contributed by atoms with Gasteiger partial charge in [-0.1, -0.05) is 0 Å². The molecule has 0 radical (unpaired) electrons. The van der Waals surface area contributed by atoms with Crippen molar-refractivity contribution in [3.05, 3.63) is 23.8 Å². The zero-order chi connectivity index (χ0) is 16.4. The summed E-state index contributed by atoms with van der Waals surface area (Å²) in [4.78, 5) is 37.7. The molecule has 7 heteroatoms. The molecule has 1 aromatic carbocycles. The number of hydrogen-bond donors (Lipinski definition) is 3. The molecule has 0 aromatic heterocycles. The number of hydrogen-bond acceptors (Lipinski definition) is 4. The number of fused-ring (bicyclic) bond motifs is 3. The monoisotopic (exact) mass is 316 g/mol. The minimum Gasteiger partial charge on any atom is -0.358 e. The van der Waals surface area contributed by atoms with Crippen LogP contribution in [0.4, 0.5) is 11.4 Å². The third-order valence-electron chi connectivity index (χ3n) is 4.16. The van der Waals surface area contributed by atoms with Crippen molar-refractivity contribution in [2.24, 2.45) is 0 Å². The maximum atomic E-state index is 12.1. The third kappa shape index (κ3) is 2.99. The van der Waals surface area contributed by atoms with Crippen LogP contribution >= 0.6 is 0 Å². The molecule has 0 aliphatic carbocycles. The summed E-state index contributed by atoms with van der Waals surface area (Å²) >= 11 is 0. The number of nitrogens with zero attached hydrogens (tertiary/aromatic N) is 1. The lowest BCUT2D eigenvalue weighted by Gasteiger charge is -2.33. The van der Waals surface area contributed by atoms with Gasteiger partial charge in [0, 0.05) is 18.7 Å². The smallest absolute Gasteiger partial charge is 0.251 e. The molecule has 122 valence electrons. The molecule has 7 nitrogen and oxygen atoms in total. The highest BCUT2D eigenvalue weighted by molar-refractivity contribution is 6.06. The van der Waals surface area contributed by atoms with E-state index >= 15 is 0 Å². The largest absolute Gasteiger partial charge is 0.358 e. The number of rotatable bonds is 4. The standard InChI is InChI=1S/C16H20N4O3/c1-2-17-14(21)9-18-15(22)10-5-6-12-11(8-10)19-16(23)13-4-3-7-20(12)13/h5-6,8,13H,2-4,7,9H2,1H3,(H,17,21)(H,18,22)(H,19,23)/t13-/m1/s1. The van der Waals surface area contributed by atoms with Crippen molar-refractivity contribution in [3.8, 4) is 0 Å². The van der Waals surface area contributed by atoms with Gasteiger partial charge in [0.05, 0.1) is 17.9 Å². The maximum Gasteiger partial charge on any atom is 0.251 e. The third-order valence-corrected chi connectivity index (χ3v) is 4.16. The number of benzene rings is 1. The van der Waals surface area contributed by atoms with Gasteiger partial charge in [0.15, 0.2) is 0 Å². The van der Waals surface area contributed by atoms with Crippen molar-refractivity contribution < 1.29 is 14.4 Å². The number of amides is 3. The van der Waals surface area contributed by atoms with Gasteiger partial charge in [-0.15, -0.1) is 0 Å². The minimum absolute atomic E-state index is 0.0186. The van der Waals surface area contributed by atoms with E-state index in [1.54, 1.807) is 12.1 Å². The van der Waals surface area contributed by atoms with Crippen LogP contribution < -0.4 is 20.9 Å². The Morgan fingerprint density at radius 2 is 2.17 bits per heavy atom. The SMILES string of the molecule is CCNC(=O)CNC(=O)c1ccc2c(c1)NC(=O)[C@H]1CCCN21.